The van der Waals surface area contributed by atoms with Crippen LogP contribution < -0.4 is 9.47 Å². The van der Waals surface area contributed by atoms with Crippen LogP contribution in [0.4, 0.5) is 0 Å². The van der Waals surface area contributed by atoms with Gasteiger partial charge >= 0.3 is 11.9 Å². The van der Waals surface area contributed by atoms with E-state index in [0.29, 0.717) is 34.6 Å². The second-order valence-corrected chi connectivity index (χ2v) is 11.8. The van der Waals surface area contributed by atoms with Crippen LogP contribution in [0.2, 0.25) is 0 Å². The predicted octanol–water partition coefficient (Wildman–Crippen LogP) is 9.45. The second kappa shape index (κ2) is 21.4. The molecule has 0 amide bonds. The van der Waals surface area contributed by atoms with Crippen molar-refractivity contribution in [3.05, 3.63) is 125 Å². The summed E-state index contributed by atoms with van der Waals surface area (Å²) < 4.78 is 20.6. The Kier molecular flexibility index (Phi) is 16.7. The van der Waals surface area contributed by atoms with Crippen LogP contribution in [0.15, 0.2) is 103 Å². The van der Waals surface area contributed by atoms with Crippen LogP contribution in [0.25, 0.3) is 22.5 Å². The Labute approximate surface area is 311 Å². The minimum atomic E-state index is -0.471. The molecule has 5 rings (SSSR count). The SMILES string of the molecule is C.CCCCOc1ccc(-c2cc(-c3ccc(C(=O)OC)cc3)[nH]n2)cc1.CCCCOc1ccc(C(=O)CC(=O)c2ccc(C(=O)OC)cc2)cc1. The standard InChI is InChI=1S/C21H22N2O3.C21H22O5.CH4/c1-3-4-13-26-18-11-9-16(10-12-18)20-14-19(22-23-20)15-5-7-17(8-6-15)21(24)25-2;1-3-4-13-26-18-11-9-16(10-12-18)20(23)14-19(22)15-5-7-17(8-6-15)21(24)25-2;/h5-12,14H,3-4,13H2,1-2H3,(H,22,23);5-12H,3-4,13-14H2,1-2H3;1H4. The number of ether oxygens (including phenoxy) is 4. The highest BCUT2D eigenvalue weighted by Gasteiger charge is 2.15. The number of methoxy groups -OCH3 is 2. The second-order valence-electron chi connectivity index (χ2n) is 11.8. The largest absolute Gasteiger partial charge is 0.494 e. The molecule has 5 aromatic rings. The maximum Gasteiger partial charge on any atom is 0.337 e. The van der Waals surface area contributed by atoms with E-state index >= 15 is 0 Å². The molecule has 0 aliphatic heterocycles. The summed E-state index contributed by atoms with van der Waals surface area (Å²) in [7, 11) is 2.66. The molecular weight excluding hydrogens is 672 g/mol. The molecule has 0 saturated heterocycles. The summed E-state index contributed by atoms with van der Waals surface area (Å²) >= 11 is 0. The molecule has 0 aliphatic rings. The number of Topliss-reactive ketones (excluding diaryl/α,β-unsaturated/α-hetero) is 2. The molecule has 0 bridgehead atoms. The minimum Gasteiger partial charge on any atom is -0.494 e. The number of unbranched alkanes of at least 4 members (excludes halogenated alkanes) is 2. The van der Waals surface area contributed by atoms with Gasteiger partial charge in [0, 0.05) is 16.7 Å². The van der Waals surface area contributed by atoms with Crippen LogP contribution in [-0.2, 0) is 9.47 Å². The van der Waals surface area contributed by atoms with Crippen molar-refractivity contribution in [1.82, 2.24) is 10.2 Å². The van der Waals surface area contributed by atoms with E-state index in [4.69, 9.17) is 14.2 Å². The summed E-state index contributed by atoms with van der Waals surface area (Å²) in [6.45, 7) is 5.61. The van der Waals surface area contributed by atoms with E-state index in [1.165, 1.54) is 38.5 Å². The minimum absolute atomic E-state index is 0. The number of rotatable bonds is 16. The first kappa shape index (κ1) is 41.4. The van der Waals surface area contributed by atoms with Gasteiger partial charge in [-0.15, -0.1) is 0 Å². The van der Waals surface area contributed by atoms with Gasteiger partial charge in [0.05, 0.1) is 56.4 Å². The number of carbonyl (C=O) groups excluding carboxylic acids is 4. The highest BCUT2D eigenvalue weighted by molar-refractivity contribution is 6.13. The van der Waals surface area contributed by atoms with E-state index in [9.17, 15) is 19.2 Å². The Balaban J connectivity index is 0.000000280. The lowest BCUT2D eigenvalue weighted by Gasteiger charge is -2.06. The number of hydrogen-bond donors (Lipinski definition) is 1. The Hall–Kier alpha value is -6.03. The fraction of sp³-hybridized carbons (Fsp3) is 0.279. The summed E-state index contributed by atoms with van der Waals surface area (Å²) in [5.41, 5.74) is 5.44. The number of hydrogen-bond acceptors (Lipinski definition) is 9. The third-order valence-electron chi connectivity index (χ3n) is 8.00. The molecular formula is C43H48N2O8. The maximum absolute atomic E-state index is 12.3. The maximum atomic E-state index is 12.3. The topological polar surface area (TPSA) is 134 Å². The van der Waals surface area contributed by atoms with Crippen molar-refractivity contribution in [3.63, 3.8) is 0 Å². The Morgan fingerprint density at radius 1 is 0.566 bits per heavy atom. The molecule has 0 fully saturated rings. The fourth-order valence-electron chi connectivity index (χ4n) is 4.91. The third kappa shape index (κ3) is 12.3. The number of aromatic nitrogens is 2. The van der Waals surface area contributed by atoms with Gasteiger partial charge in [0.2, 0.25) is 0 Å². The van der Waals surface area contributed by atoms with Gasteiger partial charge in [-0.2, -0.15) is 5.10 Å². The smallest absolute Gasteiger partial charge is 0.337 e. The van der Waals surface area contributed by atoms with Crippen molar-refractivity contribution in [1.29, 1.82) is 0 Å². The monoisotopic (exact) mass is 720 g/mol. The number of ketones is 2. The molecule has 0 radical (unpaired) electrons. The van der Waals surface area contributed by atoms with Crippen molar-refractivity contribution in [3.8, 4) is 34.0 Å². The summed E-state index contributed by atoms with van der Waals surface area (Å²) in [4.78, 5) is 47.4. The van der Waals surface area contributed by atoms with Crippen LogP contribution in [-0.4, -0.2) is 61.1 Å². The molecule has 0 spiro atoms. The van der Waals surface area contributed by atoms with Gasteiger partial charge in [0.1, 0.15) is 11.5 Å². The zero-order valence-electron chi connectivity index (χ0n) is 30.0. The summed E-state index contributed by atoms with van der Waals surface area (Å²) in [5, 5.41) is 7.43. The quantitative estimate of drug-likeness (QED) is 0.0458. The third-order valence-corrected chi connectivity index (χ3v) is 8.00. The normalized spacial score (nSPS) is 10.2. The first-order valence-electron chi connectivity index (χ1n) is 17.2. The predicted molar refractivity (Wildman–Crippen MR) is 206 cm³/mol. The first-order chi connectivity index (χ1) is 25.3. The molecule has 0 aliphatic carbocycles. The van der Waals surface area contributed by atoms with Crippen molar-refractivity contribution in [2.45, 2.75) is 53.4 Å². The fourth-order valence-corrected chi connectivity index (χ4v) is 4.91. The lowest BCUT2D eigenvalue weighted by atomic mass is 10.0. The van der Waals surface area contributed by atoms with E-state index in [1.807, 2.05) is 42.5 Å². The molecule has 53 heavy (non-hydrogen) atoms. The van der Waals surface area contributed by atoms with Gasteiger partial charge in [-0.3, -0.25) is 14.7 Å². The zero-order valence-corrected chi connectivity index (χ0v) is 30.0. The molecule has 1 N–H and O–H groups in total. The Morgan fingerprint density at radius 2 is 0.962 bits per heavy atom. The molecule has 10 nitrogen and oxygen atoms in total. The van der Waals surface area contributed by atoms with Crippen LogP contribution in [0.3, 0.4) is 0 Å². The summed E-state index contributed by atoms with van der Waals surface area (Å²) in [5.74, 6) is 0.211. The number of aromatic amines is 1. The molecule has 0 saturated carbocycles. The Bertz CT molecular complexity index is 1900. The number of nitrogens with zero attached hydrogens (tertiary/aromatic N) is 1. The van der Waals surface area contributed by atoms with Crippen LogP contribution in [0, 0.1) is 0 Å². The molecule has 1 aromatic heterocycles. The number of esters is 2. The lowest BCUT2D eigenvalue weighted by molar-refractivity contribution is 0.0592. The summed E-state index contributed by atoms with van der Waals surface area (Å²) in [6, 6.07) is 30.0. The van der Waals surface area contributed by atoms with E-state index in [2.05, 4.69) is 28.8 Å². The average molecular weight is 721 g/mol. The van der Waals surface area contributed by atoms with Gasteiger partial charge < -0.3 is 18.9 Å². The van der Waals surface area contributed by atoms with E-state index < -0.39 is 5.97 Å². The summed E-state index contributed by atoms with van der Waals surface area (Å²) in [6.07, 6.45) is 3.98. The van der Waals surface area contributed by atoms with Crippen molar-refractivity contribution in [2.75, 3.05) is 27.4 Å². The molecule has 0 atom stereocenters. The number of H-pyrrole nitrogens is 1. The zero-order chi connectivity index (χ0) is 37.3. The molecule has 278 valence electrons. The molecule has 1 heterocycles. The van der Waals surface area contributed by atoms with E-state index in [-0.39, 0.29) is 31.4 Å². The van der Waals surface area contributed by atoms with E-state index in [0.717, 1.165) is 60.6 Å². The van der Waals surface area contributed by atoms with Gasteiger partial charge in [-0.1, -0.05) is 58.4 Å². The van der Waals surface area contributed by atoms with Gasteiger partial charge in [0.15, 0.2) is 11.6 Å². The number of carbonyl (C=O) groups is 4. The molecule has 4 aromatic carbocycles. The highest BCUT2D eigenvalue weighted by Crippen LogP contribution is 2.26. The number of benzene rings is 4. The van der Waals surface area contributed by atoms with Gasteiger partial charge in [-0.05, 0) is 97.3 Å². The van der Waals surface area contributed by atoms with Crippen molar-refractivity contribution >= 4 is 23.5 Å². The van der Waals surface area contributed by atoms with Gasteiger partial charge in [-0.25, -0.2) is 9.59 Å². The van der Waals surface area contributed by atoms with Crippen LogP contribution in [0.1, 0.15) is 94.8 Å². The average Bonchev–Trinajstić information content (AvgIpc) is 3.69. The highest BCUT2D eigenvalue weighted by atomic mass is 16.5. The molecule has 0 unspecified atom stereocenters. The number of nitrogens with one attached hydrogen (secondary N) is 1. The van der Waals surface area contributed by atoms with Crippen molar-refractivity contribution in [2.24, 2.45) is 0 Å². The van der Waals surface area contributed by atoms with Crippen LogP contribution in [0.5, 0.6) is 11.5 Å². The first-order valence-corrected chi connectivity index (χ1v) is 17.2. The van der Waals surface area contributed by atoms with Crippen LogP contribution >= 0.6 is 0 Å². The van der Waals surface area contributed by atoms with Crippen molar-refractivity contribution < 1.29 is 38.1 Å². The Morgan fingerprint density at radius 3 is 1.42 bits per heavy atom. The molecule has 10 heteroatoms. The van der Waals surface area contributed by atoms with E-state index in [1.54, 1.807) is 36.4 Å². The lowest BCUT2D eigenvalue weighted by Crippen LogP contribution is -2.09. The van der Waals surface area contributed by atoms with Gasteiger partial charge in [0.25, 0.3) is 0 Å².